The van der Waals surface area contributed by atoms with E-state index in [0.29, 0.717) is 22.1 Å². The van der Waals surface area contributed by atoms with Gasteiger partial charge in [0.25, 0.3) is 7.41 Å². The third-order valence-corrected chi connectivity index (χ3v) is 2.40. The fourth-order valence-electron chi connectivity index (χ4n) is 1.16. The van der Waals surface area contributed by atoms with Crippen LogP contribution >= 0.6 is 11.8 Å². The van der Waals surface area contributed by atoms with Crippen LogP contribution in [0.15, 0.2) is 5.16 Å². The largest absolute Gasteiger partial charge is 0.382 e. The molecule has 2 rings (SSSR count). The van der Waals surface area contributed by atoms with Crippen molar-refractivity contribution in [3.05, 3.63) is 0 Å². The smallest absolute Gasteiger partial charge is 0.268 e. The molecule has 0 saturated heterocycles. The van der Waals surface area contributed by atoms with Crippen LogP contribution in [0.3, 0.4) is 0 Å². The Morgan fingerprint density at radius 2 is 2.21 bits per heavy atom. The van der Waals surface area contributed by atoms with Gasteiger partial charge in [0.1, 0.15) is 0 Å². The number of hydrogen-bond donors (Lipinski definition) is 1. The standard InChI is InChI=1S/C6H9BN6S/c1-7-13-5-3(11-12-13)4(8)9-6(10-5)14-2/h7H,1-2H3,(H2,8,9,10). The monoisotopic (exact) mass is 208 g/mol. The summed E-state index contributed by atoms with van der Waals surface area (Å²) in [5, 5.41) is 8.49. The van der Waals surface area contributed by atoms with E-state index in [1.54, 1.807) is 4.59 Å². The maximum atomic E-state index is 5.72. The van der Waals surface area contributed by atoms with Crippen molar-refractivity contribution in [2.24, 2.45) is 0 Å². The fraction of sp³-hybridized carbons (Fsp3) is 0.333. The number of thioether (sulfide) groups is 1. The molecule has 2 aromatic rings. The van der Waals surface area contributed by atoms with Crippen LogP contribution in [0.4, 0.5) is 5.82 Å². The predicted octanol–water partition coefficient (Wildman–Crippen LogP) is -0.227. The Hall–Kier alpha value is -1.31. The second kappa shape index (κ2) is 3.45. The molecule has 2 heterocycles. The summed E-state index contributed by atoms with van der Waals surface area (Å²) in [6, 6.07) is 0. The van der Waals surface area contributed by atoms with Gasteiger partial charge in [-0.3, -0.25) is 4.59 Å². The first-order valence-electron chi connectivity index (χ1n) is 4.17. The molecular formula is C6H9BN6S. The summed E-state index contributed by atoms with van der Waals surface area (Å²) < 4.78 is 1.70. The molecular weight excluding hydrogens is 199 g/mol. The van der Waals surface area contributed by atoms with Crippen molar-refractivity contribution in [3.63, 3.8) is 0 Å². The van der Waals surface area contributed by atoms with Gasteiger partial charge in [0.05, 0.1) is 0 Å². The van der Waals surface area contributed by atoms with Crippen molar-refractivity contribution >= 4 is 36.2 Å². The van der Waals surface area contributed by atoms with Gasteiger partial charge in [-0.1, -0.05) is 23.8 Å². The zero-order valence-electron chi connectivity index (χ0n) is 7.93. The van der Waals surface area contributed by atoms with E-state index in [1.807, 2.05) is 13.1 Å². The first kappa shape index (κ1) is 9.26. The third kappa shape index (κ3) is 1.31. The Bertz CT molecular complexity index is 469. The van der Waals surface area contributed by atoms with Gasteiger partial charge in [-0.2, -0.15) is 0 Å². The van der Waals surface area contributed by atoms with Gasteiger partial charge >= 0.3 is 0 Å². The van der Waals surface area contributed by atoms with Gasteiger partial charge in [-0.05, 0) is 6.26 Å². The minimum atomic E-state index is 0.388. The van der Waals surface area contributed by atoms with Crippen molar-refractivity contribution in [1.82, 2.24) is 24.9 Å². The van der Waals surface area contributed by atoms with Crippen molar-refractivity contribution in [2.75, 3.05) is 12.0 Å². The lowest BCUT2D eigenvalue weighted by atomic mass is 10.0. The van der Waals surface area contributed by atoms with E-state index in [0.717, 1.165) is 7.41 Å². The molecule has 72 valence electrons. The zero-order valence-corrected chi connectivity index (χ0v) is 8.75. The molecule has 0 radical (unpaired) electrons. The molecule has 2 N–H and O–H groups in total. The van der Waals surface area contributed by atoms with Crippen LogP contribution in [0.5, 0.6) is 0 Å². The normalized spacial score (nSPS) is 10.7. The van der Waals surface area contributed by atoms with Crippen LogP contribution in [0.2, 0.25) is 6.82 Å². The average molecular weight is 208 g/mol. The molecule has 0 bridgehead atoms. The van der Waals surface area contributed by atoms with Gasteiger partial charge in [0, 0.05) is 0 Å². The summed E-state index contributed by atoms with van der Waals surface area (Å²) in [4.78, 5) is 8.38. The second-order valence-corrected chi connectivity index (χ2v) is 3.45. The highest BCUT2D eigenvalue weighted by Crippen LogP contribution is 2.18. The molecule has 2 aromatic heterocycles. The Labute approximate surface area is 85.6 Å². The minimum absolute atomic E-state index is 0.388. The minimum Gasteiger partial charge on any atom is -0.382 e. The van der Waals surface area contributed by atoms with E-state index in [-0.39, 0.29) is 0 Å². The highest BCUT2D eigenvalue weighted by molar-refractivity contribution is 7.98. The first-order chi connectivity index (χ1) is 6.76. The lowest BCUT2D eigenvalue weighted by molar-refractivity contribution is 0.877. The molecule has 0 aliphatic heterocycles. The maximum Gasteiger partial charge on any atom is 0.268 e. The number of nitrogens with zero attached hydrogens (tertiary/aromatic N) is 5. The lowest BCUT2D eigenvalue weighted by Gasteiger charge is -1.99. The molecule has 0 atom stereocenters. The SMILES string of the molecule is CBn1nnc2c(N)nc(SC)nc21. The number of nitrogens with two attached hydrogens (primary N) is 1. The van der Waals surface area contributed by atoms with E-state index < -0.39 is 0 Å². The zero-order chi connectivity index (χ0) is 10.1. The summed E-state index contributed by atoms with van der Waals surface area (Å²) in [6.45, 7) is 1.98. The molecule has 6 nitrogen and oxygen atoms in total. The van der Waals surface area contributed by atoms with E-state index >= 15 is 0 Å². The predicted molar refractivity (Wildman–Crippen MR) is 57.7 cm³/mol. The topological polar surface area (TPSA) is 82.5 Å². The molecule has 8 heteroatoms. The molecule has 0 aliphatic carbocycles. The van der Waals surface area contributed by atoms with E-state index in [2.05, 4.69) is 20.3 Å². The quantitative estimate of drug-likeness (QED) is 0.417. The van der Waals surface area contributed by atoms with Gasteiger partial charge in [-0.25, -0.2) is 9.97 Å². The van der Waals surface area contributed by atoms with E-state index in [9.17, 15) is 0 Å². The summed E-state index contributed by atoms with van der Waals surface area (Å²) in [6.07, 6.45) is 1.90. The Morgan fingerprint density at radius 1 is 1.43 bits per heavy atom. The average Bonchev–Trinajstić information content (AvgIpc) is 2.61. The number of rotatable bonds is 2. The van der Waals surface area contributed by atoms with Gasteiger partial charge < -0.3 is 5.73 Å². The maximum absolute atomic E-state index is 5.72. The van der Waals surface area contributed by atoms with Crippen molar-refractivity contribution in [2.45, 2.75) is 12.0 Å². The van der Waals surface area contributed by atoms with Crippen LogP contribution < -0.4 is 5.73 Å². The summed E-state index contributed by atoms with van der Waals surface area (Å²) in [5.41, 5.74) is 6.99. The van der Waals surface area contributed by atoms with Crippen LogP contribution in [-0.4, -0.2) is 38.5 Å². The summed E-state index contributed by atoms with van der Waals surface area (Å²) in [5.74, 6) is 0.388. The van der Waals surface area contributed by atoms with Gasteiger partial charge in [0.2, 0.25) is 0 Å². The van der Waals surface area contributed by atoms with Crippen molar-refractivity contribution in [1.29, 1.82) is 0 Å². The number of hydrogen-bond acceptors (Lipinski definition) is 6. The van der Waals surface area contributed by atoms with Crippen LogP contribution in [0, 0.1) is 0 Å². The van der Waals surface area contributed by atoms with Gasteiger partial charge in [0.15, 0.2) is 22.1 Å². The van der Waals surface area contributed by atoms with Crippen molar-refractivity contribution in [3.8, 4) is 0 Å². The number of anilines is 1. The van der Waals surface area contributed by atoms with Crippen LogP contribution in [-0.2, 0) is 0 Å². The van der Waals surface area contributed by atoms with Gasteiger partial charge in [-0.15, -0.1) is 5.10 Å². The second-order valence-electron chi connectivity index (χ2n) is 2.67. The molecule has 0 aromatic carbocycles. The van der Waals surface area contributed by atoms with Crippen LogP contribution in [0.25, 0.3) is 11.2 Å². The first-order valence-corrected chi connectivity index (χ1v) is 5.39. The number of aromatic nitrogens is 5. The molecule has 0 amide bonds. The molecule has 0 saturated carbocycles. The van der Waals surface area contributed by atoms with Crippen LogP contribution in [0.1, 0.15) is 0 Å². The van der Waals surface area contributed by atoms with E-state index in [4.69, 9.17) is 5.73 Å². The Balaban J connectivity index is 2.73. The molecule has 0 aliphatic rings. The lowest BCUT2D eigenvalue weighted by Crippen LogP contribution is -2.05. The number of nitrogen functional groups attached to an aromatic ring is 1. The molecule has 14 heavy (non-hydrogen) atoms. The summed E-state index contributed by atoms with van der Waals surface area (Å²) in [7, 11) is 0.723. The third-order valence-electron chi connectivity index (χ3n) is 1.85. The fourth-order valence-corrected chi connectivity index (χ4v) is 1.53. The molecule has 0 unspecified atom stereocenters. The Kier molecular flexibility index (Phi) is 2.28. The molecule has 0 fully saturated rings. The molecule has 0 spiro atoms. The Morgan fingerprint density at radius 3 is 2.86 bits per heavy atom. The summed E-state index contributed by atoms with van der Waals surface area (Å²) >= 11 is 1.45. The number of fused-ring (bicyclic) bond motifs is 1. The van der Waals surface area contributed by atoms with E-state index in [1.165, 1.54) is 11.8 Å². The highest BCUT2D eigenvalue weighted by atomic mass is 32.2. The highest BCUT2D eigenvalue weighted by Gasteiger charge is 2.10. The van der Waals surface area contributed by atoms with Crippen molar-refractivity contribution < 1.29 is 0 Å².